The molecule has 0 atom stereocenters. The molecule has 1 saturated heterocycles. The van der Waals surface area contributed by atoms with Crippen molar-refractivity contribution in [3.8, 4) is 0 Å². The molecule has 1 aliphatic rings. The number of carbonyl (C=O) groups is 2. The lowest BCUT2D eigenvalue weighted by Crippen LogP contribution is -2.39. The lowest BCUT2D eigenvalue weighted by molar-refractivity contribution is -0.116. The lowest BCUT2D eigenvalue weighted by Gasteiger charge is -2.29. The number of hydrogen-bond donors (Lipinski definition) is 4. The lowest BCUT2D eigenvalue weighted by atomic mass is 10.1. The summed E-state index contributed by atoms with van der Waals surface area (Å²) in [7, 11) is 0. The van der Waals surface area contributed by atoms with E-state index in [0.29, 0.717) is 49.4 Å². The molecule has 4 rings (SSSR count). The molecule has 0 bridgehead atoms. The summed E-state index contributed by atoms with van der Waals surface area (Å²) in [6.07, 6.45) is 0.0371. The molecule has 2 amide bonds. The average Bonchev–Trinajstić information content (AvgIpc) is 3.17. The van der Waals surface area contributed by atoms with Crippen LogP contribution in [0.3, 0.4) is 0 Å². The zero-order valence-corrected chi connectivity index (χ0v) is 18.9. The fourth-order valence-corrected chi connectivity index (χ4v) is 4.27. The maximum Gasteiger partial charge on any atom is 0.270 e. The second-order valence-corrected chi connectivity index (χ2v) is 8.56. The number of anilines is 1. The molecule has 178 valence electrons. The van der Waals surface area contributed by atoms with Gasteiger partial charge in [0.15, 0.2) is 0 Å². The average molecular weight is 465 g/mol. The van der Waals surface area contributed by atoms with Crippen molar-refractivity contribution in [1.29, 1.82) is 5.41 Å². The topological polar surface area (TPSA) is 130 Å². The molecule has 1 aromatic heterocycles. The predicted octanol–water partition coefficient (Wildman–Crippen LogP) is 2.84. The third-order valence-corrected chi connectivity index (χ3v) is 6.07. The van der Waals surface area contributed by atoms with Crippen LogP contribution >= 0.6 is 0 Å². The van der Waals surface area contributed by atoms with Crippen molar-refractivity contribution in [3.05, 3.63) is 65.4 Å². The summed E-state index contributed by atoms with van der Waals surface area (Å²) in [6, 6.07) is 14.6. The first-order valence-electron chi connectivity index (χ1n) is 11.4. The molecule has 6 N–H and O–H groups in total. The van der Waals surface area contributed by atoms with Crippen LogP contribution in [0, 0.1) is 5.41 Å². The summed E-state index contributed by atoms with van der Waals surface area (Å²) in [4.78, 5) is 27.1. The molecule has 8 nitrogen and oxygen atoms in total. The van der Waals surface area contributed by atoms with E-state index >= 15 is 0 Å². The Kier molecular flexibility index (Phi) is 6.93. The van der Waals surface area contributed by atoms with Crippen molar-refractivity contribution in [2.24, 2.45) is 11.5 Å². The number of amides is 2. The van der Waals surface area contributed by atoms with E-state index in [9.17, 15) is 14.0 Å². The number of alkyl halides is 1. The van der Waals surface area contributed by atoms with Gasteiger partial charge in [0, 0.05) is 54.8 Å². The number of benzene rings is 2. The fourth-order valence-electron chi connectivity index (χ4n) is 4.27. The minimum absolute atomic E-state index is 0.0582. The number of nitrogens with two attached hydrogens (primary N) is 2. The Hall–Kier alpha value is -3.72. The van der Waals surface area contributed by atoms with Gasteiger partial charge in [0.25, 0.3) is 5.91 Å². The number of hydrogen-bond acceptors (Lipinski definition) is 4. The normalized spacial score (nSPS) is 14.4. The fraction of sp³-hybridized carbons (Fsp3) is 0.320. The van der Waals surface area contributed by atoms with Gasteiger partial charge in [0.05, 0.1) is 0 Å². The summed E-state index contributed by atoms with van der Waals surface area (Å²) < 4.78 is 15.5. The summed E-state index contributed by atoms with van der Waals surface area (Å²) in [5, 5.41) is 11.5. The number of rotatable bonds is 7. The smallest absolute Gasteiger partial charge is 0.270 e. The largest absolute Gasteiger partial charge is 0.384 e. The van der Waals surface area contributed by atoms with Gasteiger partial charge in [-0.3, -0.25) is 15.0 Å². The predicted molar refractivity (Wildman–Crippen MR) is 131 cm³/mol. The van der Waals surface area contributed by atoms with Crippen molar-refractivity contribution >= 4 is 34.2 Å². The number of nitrogens with zero attached hydrogens (tertiary/aromatic N) is 2. The van der Waals surface area contributed by atoms with Crippen LogP contribution in [0.2, 0.25) is 0 Å². The molecule has 1 fully saturated rings. The number of carbonyl (C=O) groups excluding carboxylic acids is 2. The summed E-state index contributed by atoms with van der Waals surface area (Å²) in [5.41, 5.74) is 14.5. The molecule has 9 heteroatoms. The molecule has 2 aromatic carbocycles. The van der Waals surface area contributed by atoms with E-state index < -0.39 is 6.17 Å². The van der Waals surface area contributed by atoms with Gasteiger partial charge >= 0.3 is 0 Å². The molecular weight excluding hydrogens is 435 g/mol. The standard InChI is InChI=1S/C25H29FN6O2/c26-19-7-10-31(11-8-19)25(34)22-13-17-4-5-18(24(28)29)14-21(17)32(22)15-16-2-1-3-20(12-16)30-23(33)6-9-27/h1-5,12-14,19H,6-11,15,27H2,(H3,28,29)(H,30,33). The first kappa shape index (κ1) is 23.4. The Bertz CT molecular complexity index is 1230. The Morgan fingerprint density at radius 1 is 1.12 bits per heavy atom. The zero-order valence-electron chi connectivity index (χ0n) is 18.9. The van der Waals surface area contributed by atoms with Gasteiger partial charge in [-0.25, -0.2) is 4.39 Å². The van der Waals surface area contributed by atoms with E-state index in [-0.39, 0.29) is 30.6 Å². The van der Waals surface area contributed by atoms with Crippen molar-refractivity contribution in [3.63, 3.8) is 0 Å². The number of likely N-dealkylation sites (tertiary alicyclic amines) is 1. The van der Waals surface area contributed by atoms with Gasteiger partial charge in [-0.2, -0.15) is 0 Å². The third-order valence-electron chi connectivity index (χ3n) is 6.07. The molecule has 34 heavy (non-hydrogen) atoms. The highest BCUT2D eigenvalue weighted by atomic mass is 19.1. The van der Waals surface area contributed by atoms with E-state index in [1.54, 1.807) is 23.1 Å². The molecule has 0 saturated carbocycles. The minimum Gasteiger partial charge on any atom is -0.384 e. The maximum atomic E-state index is 13.6. The van der Waals surface area contributed by atoms with Gasteiger partial charge < -0.3 is 26.3 Å². The van der Waals surface area contributed by atoms with E-state index in [2.05, 4.69) is 5.32 Å². The van der Waals surface area contributed by atoms with Crippen LogP contribution < -0.4 is 16.8 Å². The second-order valence-electron chi connectivity index (χ2n) is 8.56. The number of halogens is 1. The highest BCUT2D eigenvalue weighted by Gasteiger charge is 2.26. The van der Waals surface area contributed by atoms with Crippen LogP contribution in [0.15, 0.2) is 48.5 Å². The summed E-state index contributed by atoms with van der Waals surface area (Å²) in [5.74, 6) is -0.374. The number of aromatic nitrogens is 1. The highest BCUT2D eigenvalue weighted by molar-refractivity contribution is 6.02. The molecule has 0 spiro atoms. The molecule has 3 aromatic rings. The van der Waals surface area contributed by atoms with E-state index in [4.69, 9.17) is 16.9 Å². The number of nitrogen functional groups attached to an aromatic ring is 1. The third kappa shape index (κ3) is 5.09. The maximum absolute atomic E-state index is 13.6. The Morgan fingerprint density at radius 2 is 1.88 bits per heavy atom. The molecule has 0 aliphatic carbocycles. The van der Waals surface area contributed by atoms with Gasteiger partial charge in [0.1, 0.15) is 17.7 Å². The Balaban J connectivity index is 1.71. The van der Waals surface area contributed by atoms with Gasteiger partial charge in [-0.15, -0.1) is 0 Å². The summed E-state index contributed by atoms with van der Waals surface area (Å²) >= 11 is 0. The first-order valence-corrected chi connectivity index (χ1v) is 11.4. The Morgan fingerprint density at radius 3 is 2.59 bits per heavy atom. The molecule has 0 unspecified atom stereocenters. The van der Waals surface area contributed by atoms with Crippen molar-refractivity contribution in [2.75, 3.05) is 25.0 Å². The number of nitrogens with one attached hydrogen (secondary N) is 2. The van der Waals surface area contributed by atoms with Crippen molar-refractivity contribution in [2.45, 2.75) is 32.0 Å². The van der Waals surface area contributed by atoms with Crippen LogP contribution in [-0.4, -0.2) is 52.9 Å². The van der Waals surface area contributed by atoms with Gasteiger partial charge in [-0.05, 0) is 42.7 Å². The Labute approximate surface area is 197 Å². The van der Waals surface area contributed by atoms with Crippen LogP contribution in [0.1, 0.15) is 40.9 Å². The molecular formula is C25H29FN6O2. The SMILES string of the molecule is N=C(N)c1ccc2cc(C(=O)N3CCC(F)CC3)n(Cc3cccc(NC(=O)CCN)c3)c2c1. The quantitative estimate of drug-likeness (QED) is 0.316. The van der Waals surface area contributed by atoms with Gasteiger partial charge in [0.2, 0.25) is 5.91 Å². The van der Waals surface area contributed by atoms with Crippen LogP contribution in [0.4, 0.5) is 10.1 Å². The van der Waals surface area contributed by atoms with E-state index in [1.165, 1.54) is 0 Å². The first-order chi connectivity index (χ1) is 16.4. The molecule has 0 radical (unpaired) electrons. The summed E-state index contributed by atoms with van der Waals surface area (Å²) in [6.45, 7) is 1.39. The number of amidine groups is 1. The van der Waals surface area contributed by atoms with E-state index in [0.717, 1.165) is 16.5 Å². The highest BCUT2D eigenvalue weighted by Crippen LogP contribution is 2.26. The van der Waals surface area contributed by atoms with Crippen LogP contribution in [0.5, 0.6) is 0 Å². The van der Waals surface area contributed by atoms with Crippen molar-refractivity contribution < 1.29 is 14.0 Å². The van der Waals surface area contributed by atoms with Crippen LogP contribution in [-0.2, 0) is 11.3 Å². The zero-order chi connectivity index (χ0) is 24.2. The number of piperidine rings is 1. The van der Waals surface area contributed by atoms with Gasteiger partial charge in [-0.1, -0.05) is 24.3 Å². The number of fused-ring (bicyclic) bond motifs is 1. The molecule has 2 heterocycles. The van der Waals surface area contributed by atoms with E-state index in [1.807, 2.05) is 34.9 Å². The second kappa shape index (κ2) is 10.0. The molecule has 1 aliphatic heterocycles. The van der Waals surface area contributed by atoms with Crippen molar-refractivity contribution in [1.82, 2.24) is 9.47 Å². The minimum atomic E-state index is -0.870. The van der Waals surface area contributed by atoms with Crippen LogP contribution in [0.25, 0.3) is 10.9 Å². The monoisotopic (exact) mass is 464 g/mol.